The molecule has 0 saturated heterocycles. The number of hydrogen-bond acceptors (Lipinski definition) is 9. The van der Waals surface area contributed by atoms with Crippen molar-refractivity contribution < 1.29 is 42.9 Å². The number of hydrogen-bond donors (Lipinski definition) is 0. The zero-order valence-electron chi connectivity index (χ0n) is 57.9. The van der Waals surface area contributed by atoms with Gasteiger partial charge in [0.25, 0.3) is 0 Å². The average molecular weight is 1220 g/mol. The summed E-state index contributed by atoms with van der Waals surface area (Å²) in [5, 5.41) is 0. The lowest BCUT2D eigenvalue weighted by Crippen LogP contribution is -2.33. The highest BCUT2D eigenvalue weighted by Gasteiger charge is 2.21. The van der Waals surface area contributed by atoms with Crippen LogP contribution in [0.4, 0.5) is 0 Å². The number of allylic oxidation sites excluding steroid dienone is 6. The lowest BCUT2D eigenvalue weighted by molar-refractivity contribution is -0.166. The molecule has 0 aliphatic heterocycles. The van der Waals surface area contributed by atoms with Gasteiger partial charge in [-0.2, -0.15) is 0 Å². The average Bonchev–Trinajstić information content (AvgIpc) is 3.61. The molecule has 2 atom stereocenters. The topological polar surface area (TPSA) is 114 Å². The van der Waals surface area contributed by atoms with Crippen LogP contribution in [-0.4, -0.2) is 62.5 Å². The Bertz CT molecular complexity index is 1580. The van der Waals surface area contributed by atoms with Gasteiger partial charge in [0.1, 0.15) is 13.2 Å². The van der Waals surface area contributed by atoms with E-state index in [1.807, 2.05) is 12.2 Å². The molecule has 0 heterocycles. The highest BCUT2D eigenvalue weighted by molar-refractivity contribution is 5.82. The molecular formula is C78H142O9. The number of rotatable bonds is 70. The summed E-state index contributed by atoms with van der Waals surface area (Å²) in [6.07, 6.45) is 80.6. The first-order chi connectivity index (χ1) is 42.9. The van der Waals surface area contributed by atoms with Gasteiger partial charge in [-0.05, 0) is 89.9 Å². The van der Waals surface area contributed by atoms with Gasteiger partial charge in [-0.15, -0.1) is 0 Å². The fraction of sp³-hybridized carbons (Fsp3) is 0.846. The third-order valence-corrected chi connectivity index (χ3v) is 16.8. The molecule has 0 amide bonds. The second-order valence-corrected chi connectivity index (χ2v) is 25.6. The fourth-order valence-electron chi connectivity index (χ4n) is 11.1. The van der Waals surface area contributed by atoms with E-state index in [4.69, 9.17) is 23.7 Å². The maximum absolute atomic E-state index is 13.2. The van der Waals surface area contributed by atoms with Gasteiger partial charge in [0, 0.05) is 25.0 Å². The van der Waals surface area contributed by atoms with Crippen LogP contribution in [0.25, 0.3) is 0 Å². The molecule has 0 saturated carbocycles. The summed E-state index contributed by atoms with van der Waals surface area (Å²) in [6.45, 7) is 8.56. The van der Waals surface area contributed by atoms with E-state index in [2.05, 4.69) is 52.0 Å². The second kappa shape index (κ2) is 71.9. The molecule has 0 aromatic rings. The van der Waals surface area contributed by atoms with Crippen LogP contribution in [0.2, 0.25) is 0 Å². The van der Waals surface area contributed by atoms with Gasteiger partial charge in [0.15, 0.2) is 12.2 Å². The summed E-state index contributed by atoms with van der Waals surface area (Å²) < 4.78 is 29.1. The molecule has 0 N–H and O–H groups in total. The Labute approximate surface area is 538 Å². The first kappa shape index (κ1) is 83.8. The third-order valence-electron chi connectivity index (χ3n) is 16.8. The standard InChI is InChI=1S/C78H142O9/c1-5-9-13-17-21-25-29-33-37-41-45-49-53-57-61-65-75(79)84-71-73(86-77(81)67-63-59-55-51-47-43-39-35-31-27-23-19-15-11-7-3)69-83-70-74(87-78(82)68-64-60-56-52-48-44-40-36-32-28-24-20-16-12-8-4)72-85-76(80)66-62-58-54-50-46-42-38-34-30-26-22-18-14-10-6-2/h33,35,37,39,62,64,66,68,73-74H,5-32,34,36,38,40-61,63,65,67,69-72H2,1-4H3. The molecule has 0 aromatic heterocycles. The molecule has 9 heteroatoms. The molecule has 0 rings (SSSR count). The molecule has 0 radical (unpaired) electrons. The third kappa shape index (κ3) is 68.6. The number of carbonyl (C=O) groups is 4. The normalized spacial score (nSPS) is 12.6. The molecule has 9 nitrogen and oxygen atoms in total. The van der Waals surface area contributed by atoms with Gasteiger partial charge in [-0.1, -0.05) is 321 Å². The highest BCUT2D eigenvalue weighted by Crippen LogP contribution is 2.18. The SMILES string of the molecule is CCCCCCCCC=CCCCCCCCC(=O)OCC(COCC(COC(=O)C=CCCCCCCCCCCCCCCC)OC(=O)C=CCCCCCCCCCCCCCCC)OC(=O)CCCCCCCC=CCCCCCCCC. The monoisotopic (exact) mass is 1220 g/mol. The quantitative estimate of drug-likeness (QED) is 0.0193. The van der Waals surface area contributed by atoms with Gasteiger partial charge in [0.2, 0.25) is 0 Å². The van der Waals surface area contributed by atoms with Crippen molar-refractivity contribution in [2.75, 3.05) is 26.4 Å². The number of esters is 4. The number of unbranched alkanes of at least 4 members (excludes halogenated alkanes) is 48. The first-order valence-corrected chi connectivity index (χ1v) is 37.8. The molecular weight excluding hydrogens is 1080 g/mol. The van der Waals surface area contributed by atoms with Gasteiger partial charge in [-0.25, -0.2) is 9.59 Å². The molecule has 0 aliphatic rings. The summed E-state index contributed by atoms with van der Waals surface area (Å²) >= 11 is 0. The highest BCUT2D eigenvalue weighted by atomic mass is 16.6. The molecule has 0 spiro atoms. The summed E-state index contributed by atoms with van der Waals surface area (Å²) in [7, 11) is 0. The van der Waals surface area contributed by atoms with E-state index in [0.29, 0.717) is 6.42 Å². The molecule has 87 heavy (non-hydrogen) atoms. The van der Waals surface area contributed by atoms with E-state index in [-0.39, 0.29) is 44.8 Å². The zero-order chi connectivity index (χ0) is 63.1. The summed E-state index contributed by atoms with van der Waals surface area (Å²) in [5.74, 6) is -1.70. The van der Waals surface area contributed by atoms with Crippen molar-refractivity contribution in [2.24, 2.45) is 0 Å². The van der Waals surface area contributed by atoms with E-state index >= 15 is 0 Å². The largest absolute Gasteiger partial charge is 0.462 e. The minimum atomic E-state index is -0.896. The fourth-order valence-corrected chi connectivity index (χ4v) is 11.1. The minimum Gasteiger partial charge on any atom is -0.462 e. The van der Waals surface area contributed by atoms with Gasteiger partial charge >= 0.3 is 23.9 Å². The smallest absolute Gasteiger partial charge is 0.330 e. The summed E-state index contributed by atoms with van der Waals surface area (Å²) in [6, 6.07) is 0. The lowest BCUT2D eigenvalue weighted by Gasteiger charge is -2.21. The lowest BCUT2D eigenvalue weighted by atomic mass is 10.0. The summed E-state index contributed by atoms with van der Waals surface area (Å²) in [5.41, 5.74) is 0. The summed E-state index contributed by atoms with van der Waals surface area (Å²) in [4.78, 5) is 52.3. The van der Waals surface area contributed by atoms with E-state index in [1.54, 1.807) is 0 Å². The van der Waals surface area contributed by atoms with Crippen LogP contribution in [0.5, 0.6) is 0 Å². The first-order valence-electron chi connectivity index (χ1n) is 37.8. The Kier molecular flexibility index (Phi) is 69.2. The van der Waals surface area contributed by atoms with Crippen molar-refractivity contribution in [2.45, 2.75) is 399 Å². The zero-order valence-corrected chi connectivity index (χ0v) is 57.9. The van der Waals surface area contributed by atoms with E-state index in [9.17, 15) is 19.2 Å². The molecule has 0 bridgehead atoms. The number of ether oxygens (including phenoxy) is 5. The molecule has 508 valence electrons. The predicted octanol–water partition coefficient (Wildman–Crippen LogP) is 24.1. The van der Waals surface area contributed by atoms with E-state index in [1.165, 1.54) is 243 Å². The van der Waals surface area contributed by atoms with Gasteiger partial charge in [-0.3, -0.25) is 9.59 Å². The van der Waals surface area contributed by atoms with Crippen LogP contribution >= 0.6 is 0 Å². The van der Waals surface area contributed by atoms with E-state index < -0.39 is 24.1 Å². The Hall–Kier alpha value is -3.20. The van der Waals surface area contributed by atoms with Crippen LogP contribution < -0.4 is 0 Å². The van der Waals surface area contributed by atoms with Crippen LogP contribution in [-0.2, 0) is 42.9 Å². The van der Waals surface area contributed by atoms with E-state index in [0.717, 1.165) is 116 Å². The van der Waals surface area contributed by atoms with Crippen LogP contribution in [0.1, 0.15) is 387 Å². The van der Waals surface area contributed by atoms with Crippen molar-refractivity contribution in [3.8, 4) is 0 Å². The molecule has 0 aliphatic carbocycles. The Morgan fingerprint density at radius 3 is 0.839 bits per heavy atom. The van der Waals surface area contributed by atoms with Crippen molar-refractivity contribution in [3.63, 3.8) is 0 Å². The molecule has 0 aromatic carbocycles. The van der Waals surface area contributed by atoms with Crippen molar-refractivity contribution in [3.05, 3.63) is 48.6 Å². The van der Waals surface area contributed by atoms with Crippen LogP contribution in [0.15, 0.2) is 48.6 Å². The van der Waals surface area contributed by atoms with Gasteiger partial charge < -0.3 is 23.7 Å². The van der Waals surface area contributed by atoms with Crippen LogP contribution in [0.3, 0.4) is 0 Å². The van der Waals surface area contributed by atoms with Crippen molar-refractivity contribution in [1.29, 1.82) is 0 Å². The molecule has 2 unspecified atom stereocenters. The maximum atomic E-state index is 13.2. The van der Waals surface area contributed by atoms with Crippen molar-refractivity contribution in [1.82, 2.24) is 0 Å². The Balaban J connectivity index is 5.34. The maximum Gasteiger partial charge on any atom is 0.330 e. The predicted molar refractivity (Wildman–Crippen MR) is 370 cm³/mol. The molecule has 0 fully saturated rings. The number of carbonyl (C=O) groups excluding carboxylic acids is 4. The van der Waals surface area contributed by atoms with Gasteiger partial charge in [0.05, 0.1) is 13.2 Å². The Morgan fingerprint density at radius 2 is 0.506 bits per heavy atom. The Morgan fingerprint density at radius 1 is 0.253 bits per heavy atom. The van der Waals surface area contributed by atoms with Crippen molar-refractivity contribution >= 4 is 23.9 Å². The van der Waals surface area contributed by atoms with Crippen LogP contribution in [0, 0.1) is 0 Å². The second-order valence-electron chi connectivity index (χ2n) is 25.6. The minimum absolute atomic E-state index is 0.0747.